The van der Waals surface area contributed by atoms with Crippen LogP contribution in [-0.4, -0.2) is 74.1 Å². The minimum Gasteiger partial charge on any atom is -0.376 e. The van der Waals surface area contributed by atoms with E-state index in [9.17, 15) is 9.59 Å². The Hall–Kier alpha value is -1.92. The lowest BCUT2D eigenvalue weighted by molar-refractivity contribution is -0.122. The topological polar surface area (TPSA) is 61.9 Å². The quantitative estimate of drug-likeness (QED) is 0.869. The number of benzene rings is 1. The summed E-state index contributed by atoms with van der Waals surface area (Å²) in [5.74, 6) is 0.199. The van der Waals surface area contributed by atoms with Crippen LogP contribution in [0.3, 0.4) is 0 Å². The van der Waals surface area contributed by atoms with Gasteiger partial charge in [-0.1, -0.05) is 18.2 Å². The molecule has 146 valence electrons. The maximum Gasteiger partial charge on any atom is 0.254 e. The zero-order chi connectivity index (χ0) is 18.9. The Morgan fingerprint density at radius 3 is 2.78 bits per heavy atom. The van der Waals surface area contributed by atoms with Crippen molar-refractivity contribution in [2.75, 3.05) is 46.4 Å². The number of fused-ring (bicyclic) bond motifs is 2. The average molecular weight is 371 g/mol. The molecule has 1 spiro atoms. The molecule has 2 saturated heterocycles. The number of piperidine rings is 1. The Balaban J connectivity index is 1.55. The highest BCUT2D eigenvalue weighted by Crippen LogP contribution is 2.42. The molecule has 3 aliphatic heterocycles. The average Bonchev–Trinajstić information content (AvgIpc) is 3.21. The van der Waals surface area contributed by atoms with Gasteiger partial charge in [-0.05, 0) is 50.4 Å². The summed E-state index contributed by atoms with van der Waals surface area (Å²) < 4.78 is 5.79. The summed E-state index contributed by atoms with van der Waals surface area (Å²) in [5.41, 5.74) is 2.03. The van der Waals surface area contributed by atoms with Gasteiger partial charge in [0.1, 0.15) is 0 Å². The van der Waals surface area contributed by atoms with Crippen LogP contribution in [0.5, 0.6) is 0 Å². The first kappa shape index (κ1) is 18.4. The Bertz CT molecular complexity index is 706. The molecule has 0 saturated carbocycles. The molecule has 1 aromatic rings. The van der Waals surface area contributed by atoms with Crippen molar-refractivity contribution in [3.05, 3.63) is 35.4 Å². The van der Waals surface area contributed by atoms with Crippen molar-refractivity contribution in [3.8, 4) is 0 Å². The highest BCUT2D eigenvalue weighted by molar-refractivity contribution is 5.97. The monoisotopic (exact) mass is 371 g/mol. The Kier molecular flexibility index (Phi) is 5.19. The maximum absolute atomic E-state index is 13.1. The maximum atomic E-state index is 13.1. The lowest BCUT2D eigenvalue weighted by atomic mass is 9.68. The summed E-state index contributed by atoms with van der Waals surface area (Å²) in [5, 5.41) is 2.70. The summed E-state index contributed by atoms with van der Waals surface area (Å²) in [6.45, 7) is 4.47. The molecule has 4 rings (SSSR count). The number of nitrogens with one attached hydrogen (secondary N) is 1. The van der Waals surface area contributed by atoms with Gasteiger partial charge >= 0.3 is 0 Å². The zero-order valence-corrected chi connectivity index (χ0v) is 16.1. The van der Waals surface area contributed by atoms with Crippen LogP contribution in [0.25, 0.3) is 0 Å². The number of hydrogen-bond donors (Lipinski definition) is 1. The Morgan fingerprint density at radius 2 is 2.07 bits per heavy atom. The molecule has 0 bridgehead atoms. The summed E-state index contributed by atoms with van der Waals surface area (Å²) in [4.78, 5) is 29.0. The standard InChI is InChI=1S/C21H29N3O3/c1-22-19(25)14-23-10-8-21(9-11-23)15-24(13-16-5-4-12-27-16)20(26)17-6-2-3-7-18(17)21/h2-3,6-7,16H,4-5,8-15H2,1H3,(H,22,25)/t16-/m0/s1. The van der Waals surface area contributed by atoms with E-state index in [0.717, 1.165) is 57.5 Å². The van der Waals surface area contributed by atoms with E-state index in [0.29, 0.717) is 13.1 Å². The number of amides is 2. The zero-order valence-electron chi connectivity index (χ0n) is 16.1. The largest absolute Gasteiger partial charge is 0.376 e. The molecule has 0 radical (unpaired) electrons. The van der Waals surface area contributed by atoms with Crippen LogP contribution < -0.4 is 5.32 Å². The summed E-state index contributed by atoms with van der Waals surface area (Å²) in [6.07, 6.45) is 4.23. The molecule has 1 atom stereocenters. The van der Waals surface area contributed by atoms with Crippen molar-refractivity contribution in [2.45, 2.75) is 37.2 Å². The highest BCUT2D eigenvalue weighted by Gasteiger charge is 2.45. The number of likely N-dealkylation sites (tertiary alicyclic amines) is 1. The van der Waals surface area contributed by atoms with Gasteiger partial charge < -0.3 is 15.0 Å². The van der Waals surface area contributed by atoms with Gasteiger partial charge in [-0.15, -0.1) is 0 Å². The van der Waals surface area contributed by atoms with Gasteiger partial charge in [0.15, 0.2) is 0 Å². The van der Waals surface area contributed by atoms with E-state index in [4.69, 9.17) is 4.74 Å². The number of hydrogen-bond acceptors (Lipinski definition) is 4. The van der Waals surface area contributed by atoms with Gasteiger partial charge in [-0.2, -0.15) is 0 Å². The van der Waals surface area contributed by atoms with E-state index in [-0.39, 0.29) is 23.3 Å². The SMILES string of the molecule is CNC(=O)CN1CCC2(CC1)CN(C[C@@H]1CCCO1)C(=O)c1ccccc12. The van der Waals surface area contributed by atoms with E-state index < -0.39 is 0 Å². The smallest absolute Gasteiger partial charge is 0.254 e. The third-order valence-electron chi connectivity index (χ3n) is 6.42. The first-order valence-electron chi connectivity index (χ1n) is 10.0. The summed E-state index contributed by atoms with van der Waals surface area (Å²) >= 11 is 0. The van der Waals surface area contributed by atoms with E-state index in [2.05, 4.69) is 16.3 Å². The van der Waals surface area contributed by atoms with Crippen molar-refractivity contribution in [2.24, 2.45) is 0 Å². The third-order valence-corrected chi connectivity index (χ3v) is 6.42. The summed E-state index contributed by atoms with van der Waals surface area (Å²) in [7, 11) is 1.68. The molecule has 3 heterocycles. The number of likely N-dealkylation sites (N-methyl/N-ethyl adjacent to an activating group) is 1. The van der Waals surface area contributed by atoms with E-state index in [1.54, 1.807) is 7.05 Å². The fraction of sp³-hybridized carbons (Fsp3) is 0.619. The minimum absolute atomic E-state index is 0.0116. The number of nitrogens with zero attached hydrogens (tertiary/aromatic N) is 2. The van der Waals surface area contributed by atoms with Crippen LogP contribution >= 0.6 is 0 Å². The number of ether oxygens (including phenoxy) is 1. The molecule has 2 fully saturated rings. The second-order valence-electron chi connectivity index (χ2n) is 8.10. The second kappa shape index (κ2) is 7.60. The summed E-state index contributed by atoms with van der Waals surface area (Å²) in [6, 6.07) is 8.10. The number of carbonyl (C=O) groups excluding carboxylic acids is 2. The van der Waals surface area contributed by atoms with Gasteiger partial charge in [0.2, 0.25) is 5.91 Å². The molecule has 0 aromatic heterocycles. The van der Waals surface area contributed by atoms with Crippen molar-refractivity contribution in [1.29, 1.82) is 0 Å². The first-order valence-corrected chi connectivity index (χ1v) is 10.0. The Labute approximate surface area is 160 Å². The fourth-order valence-corrected chi connectivity index (χ4v) is 4.86. The molecular weight excluding hydrogens is 342 g/mol. The van der Waals surface area contributed by atoms with Crippen LogP contribution in [-0.2, 0) is 14.9 Å². The van der Waals surface area contributed by atoms with Gasteiger partial charge in [0, 0.05) is 37.7 Å². The number of carbonyl (C=O) groups is 2. The molecule has 3 aliphatic rings. The van der Waals surface area contributed by atoms with E-state index in [1.165, 1.54) is 5.56 Å². The van der Waals surface area contributed by atoms with E-state index in [1.807, 2.05) is 23.1 Å². The van der Waals surface area contributed by atoms with Crippen molar-refractivity contribution < 1.29 is 14.3 Å². The predicted molar refractivity (Wildman–Crippen MR) is 103 cm³/mol. The van der Waals surface area contributed by atoms with Crippen LogP contribution in [0.1, 0.15) is 41.6 Å². The van der Waals surface area contributed by atoms with Gasteiger partial charge in [0.25, 0.3) is 5.91 Å². The normalized spacial score (nSPS) is 24.9. The molecule has 1 aromatic carbocycles. The molecule has 2 amide bonds. The molecule has 1 N–H and O–H groups in total. The first-order chi connectivity index (χ1) is 13.1. The number of rotatable bonds is 4. The molecule has 6 heteroatoms. The van der Waals surface area contributed by atoms with Gasteiger partial charge in [-0.3, -0.25) is 14.5 Å². The van der Waals surface area contributed by atoms with Gasteiger partial charge in [-0.25, -0.2) is 0 Å². The second-order valence-corrected chi connectivity index (χ2v) is 8.10. The van der Waals surface area contributed by atoms with Crippen LogP contribution in [0.4, 0.5) is 0 Å². The molecule has 6 nitrogen and oxygen atoms in total. The predicted octanol–water partition coefficient (Wildman–Crippen LogP) is 1.40. The van der Waals surface area contributed by atoms with Crippen molar-refractivity contribution in [3.63, 3.8) is 0 Å². The molecule has 27 heavy (non-hydrogen) atoms. The van der Waals surface area contributed by atoms with Crippen molar-refractivity contribution in [1.82, 2.24) is 15.1 Å². The Morgan fingerprint density at radius 1 is 1.30 bits per heavy atom. The third kappa shape index (κ3) is 3.60. The lowest BCUT2D eigenvalue weighted by Crippen LogP contribution is -2.56. The fourth-order valence-electron chi connectivity index (χ4n) is 4.86. The minimum atomic E-state index is -0.0116. The van der Waals surface area contributed by atoms with Gasteiger partial charge in [0.05, 0.1) is 12.6 Å². The molecule has 0 unspecified atom stereocenters. The van der Waals surface area contributed by atoms with Crippen molar-refractivity contribution >= 4 is 11.8 Å². The van der Waals surface area contributed by atoms with Crippen LogP contribution in [0.15, 0.2) is 24.3 Å². The highest BCUT2D eigenvalue weighted by atomic mass is 16.5. The lowest BCUT2D eigenvalue weighted by Gasteiger charge is -2.48. The van der Waals surface area contributed by atoms with Crippen LogP contribution in [0.2, 0.25) is 0 Å². The van der Waals surface area contributed by atoms with Crippen LogP contribution in [0, 0.1) is 0 Å². The molecular formula is C21H29N3O3. The molecule has 0 aliphatic carbocycles. The van der Waals surface area contributed by atoms with E-state index >= 15 is 0 Å².